The predicted octanol–water partition coefficient (Wildman–Crippen LogP) is 1.53. The molecule has 3 N–H and O–H groups in total. The van der Waals surface area contributed by atoms with E-state index in [1.807, 2.05) is 6.07 Å². The first kappa shape index (κ1) is 10.3. The second kappa shape index (κ2) is 3.98. The van der Waals surface area contributed by atoms with Crippen LogP contribution in [0, 0.1) is 0 Å². The number of thioether (sulfide) groups is 1. The first-order valence-corrected chi connectivity index (χ1v) is 5.03. The van der Waals surface area contributed by atoms with Crippen LogP contribution in [0.4, 0.5) is 5.82 Å². The van der Waals surface area contributed by atoms with E-state index in [0.717, 1.165) is 4.90 Å². The lowest BCUT2D eigenvalue weighted by Gasteiger charge is -2.15. The molecule has 4 heteroatoms. The first-order valence-electron chi connectivity index (χ1n) is 4.04. The number of nitrogens with zero attached hydrogens (tertiary/aromatic N) is 1. The topological polar surface area (TPSA) is 59.1 Å². The highest BCUT2D eigenvalue weighted by molar-refractivity contribution is 7.99. The molecule has 1 aromatic rings. The van der Waals surface area contributed by atoms with Crippen LogP contribution in [0.3, 0.4) is 0 Å². The molecule has 0 radical (unpaired) electrons. The maximum Gasteiger partial charge on any atom is 0.123 e. The summed E-state index contributed by atoms with van der Waals surface area (Å²) in [5.74, 6) is 1.17. The van der Waals surface area contributed by atoms with Crippen LogP contribution in [0.15, 0.2) is 23.2 Å². The largest absolute Gasteiger partial charge is 0.390 e. The SMILES string of the molecule is CC(C)(O)CSc1ccc(N)nc1. The van der Waals surface area contributed by atoms with Gasteiger partial charge in [-0.2, -0.15) is 0 Å². The van der Waals surface area contributed by atoms with Gasteiger partial charge >= 0.3 is 0 Å². The fraction of sp³-hybridized carbons (Fsp3) is 0.444. The Balaban J connectivity index is 2.51. The van der Waals surface area contributed by atoms with Crippen molar-refractivity contribution in [2.45, 2.75) is 24.3 Å². The molecule has 0 amide bonds. The molecular weight excluding hydrogens is 184 g/mol. The summed E-state index contributed by atoms with van der Waals surface area (Å²) in [5, 5.41) is 9.47. The Bertz CT molecular complexity index is 266. The van der Waals surface area contributed by atoms with Crippen molar-refractivity contribution in [3.63, 3.8) is 0 Å². The Labute approximate surface area is 82.4 Å². The Morgan fingerprint density at radius 2 is 2.23 bits per heavy atom. The van der Waals surface area contributed by atoms with Gasteiger partial charge in [-0.3, -0.25) is 0 Å². The van der Waals surface area contributed by atoms with Crippen LogP contribution in [-0.4, -0.2) is 21.4 Å². The number of nitrogens with two attached hydrogens (primary N) is 1. The molecule has 1 rings (SSSR count). The van der Waals surface area contributed by atoms with Gasteiger partial charge in [-0.15, -0.1) is 11.8 Å². The molecular formula is C9H14N2OS. The number of nitrogen functional groups attached to an aromatic ring is 1. The summed E-state index contributed by atoms with van der Waals surface area (Å²) < 4.78 is 0. The van der Waals surface area contributed by atoms with Gasteiger partial charge in [0.2, 0.25) is 0 Å². The normalized spacial score (nSPS) is 11.6. The van der Waals surface area contributed by atoms with E-state index in [9.17, 15) is 5.11 Å². The number of hydrogen-bond donors (Lipinski definition) is 2. The zero-order valence-corrected chi connectivity index (χ0v) is 8.64. The van der Waals surface area contributed by atoms with Gasteiger partial charge in [-0.05, 0) is 26.0 Å². The first-order chi connectivity index (χ1) is 5.97. The molecule has 0 aliphatic rings. The van der Waals surface area contributed by atoms with E-state index in [2.05, 4.69) is 4.98 Å². The van der Waals surface area contributed by atoms with E-state index < -0.39 is 5.60 Å². The van der Waals surface area contributed by atoms with Gasteiger partial charge in [0, 0.05) is 16.8 Å². The lowest BCUT2D eigenvalue weighted by Crippen LogP contribution is -2.21. The van der Waals surface area contributed by atoms with E-state index in [4.69, 9.17) is 5.73 Å². The van der Waals surface area contributed by atoms with Crippen molar-refractivity contribution < 1.29 is 5.11 Å². The number of rotatable bonds is 3. The zero-order valence-electron chi connectivity index (χ0n) is 7.82. The van der Waals surface area contributed by atoms with Gasteiger partial charge in [0.25, 0.3) is 0 Å². The van der Waals surface area contributed by atoms with Gasteiger partial charge in [0.15, 0.2) is 0 Å². The van der Waals surface area contributed by atoms with Gasteiger partial charge < -0.3 is 10.8 Å². The average molecular weight is 198 g/mol. The molecule has 0 aromatic carbocycles. The van der Waals surface area contributed by atoms with Crippen molar-refractivity contribution in [2.75, 3.05) is 11.5 Å². The Morgan fingerprint density at radius 1 is 1.54 bits per heavy atom. The van der Waals surface area contributed by atoms with Crippen LogP contribution in [0.25, 0.3) is 0 Å². The van der Waals surface area contributed by atoms with Crippen molar-refractivity contribution in [2.24, 2.45) is 0 Å². The third-order valence-corrected chi connectivity index (χ3v) is 2.78. The maximum atomic E-state index is 9.47. The van der Waals surface area contributed by atoms with Crippen LogP contribution in [0.1, 0.15) is 13.8 Å². The molecule has 0 unspecified atom stereocenters. The molecule has 0 aliphatic heterocycles. The second-order valence-corrected chi connectivity index (χ2v) is 4.57. The third kappa shape index (κ3) is 4.15. The van der Waals surface area contributed by atoms with Crippen LogP contribution >= 0.6 is 11.8 Å². The van der Waals surface area contributed by atoms with E-state index in [-0.39, 0.29) is 0 Å². The van der Waals surface area contributed by atoms with E-state index in [0.29, 0.717) is 11.6 Å². The monoisotopic (exact) mass is 198 g/mol. The summed E-state index contributed by atoms with van der Waals surface area (Å²) in [6.07, 6.45) is 1.71. The minimum Gasteiger partial charge on any atom is -0.390 e. The molecule has 0 spiro atoms. The highest BCUT2D eigenvalue weighted by Gasteiger charge is 2.12. The summed E-state index contributed by atoms with van der Waals surface area (Å²) in [4.78, 5) is 4.98. The molecule has 3 nitrogen and oxygen atoms in total. The van der Waals surface area contributed by atoms with E-state index in [1.54, 1.807) is 37.9 Å². The molecule has 72 valence electrons. The third-order valence-electron chi connectivity index (χ3n) is 1.35. The molecule has 0 atom stereocenters. The second-order valence-electron chi connectivity index (χ2n) is 3.52. The quantitative estimate of drug-likeness (QED) is 0.723. The van der Waals surface area contributed by atoms with E-state index in [1.165, 1.54) is 0 Å². The summed E-state index contributed by atoms with van der Waals surface area (Å²) in [6, 6.07) is 3.66. The standard InChI is InChI=1S/C9H14N2OS/c1-9(2,12)6-13-7-3-4-8(10)11-5-7/h3-5,12H,6H2,1-2H3,(H2,10,11). The smallest absolute Gasteiger partial charge is 0.123 e. The molecule has 0 saturated heterocycles. The minimum atomic E-state index is -0.647. The number of aliphatic hydroxyl groups is 1. The molecule has 13 heavy (non-hydrogen) atoms. The van der Waals surface area contributed by atoms with Gasteiger partial charge in [0.1, 0.15) is 5.82 Å². The Hall–Kier alpha value is -0.740. The predicted molar refractivity (Wildman–Crippen MR) is 55.7 cm³/mol. The maximum absolute atomic E-state index is 9.47. The van der Waals surface area contributed by atoms with Crippen LogP contribution in [0.2, 0.25) is 0 Å². The van der Waals surface area contributed by atoms with Gasteiger partial charge in [0.05, 0.1) is 5.60 Å². The highest BCUT2D eigenvalue weighted by atomic mass is 32.2. The fourth-order valence-electron chi connectivity index (χ4n) is 0.737. The number of anilines is 1. The molecule has 0 fully saturated rings. The molecule has 1 heterocycles. The van der Waals surface area contributed by atoms with E-state index >= 15 is 0 Å². The van der Waals surface area contributed by atoms with Crippen molar-refractivity contribution in [3.05, 3.63) is 18.3 Å². The Kier molecular flexibility index (Phi) is 3.17. The van der Waals surface area contributed by atoms with Crippen molar-refractivity contribution >= 4 is 17.6 Å². The average Bonchev–Trinajstić information content (AvgIpc) is 2.02. The fourth-order valence-corrected chi connectivity index (χ4v) is 1.55. The zero-order chi connectivity index (χ0) is 9.90. The number of hydrogen-bond acceptors (Lipinski definition) is 4. The summed E-state index contributed by atoms with van der Waals surface area (Å²) in [6.45, 7) is 3.56. The summed E-state index contributed by atoms with van der Waals surface area (Å²) in [5.41, 5.74) is 4.79. The molecule has 0 bridgehead atoms. The lowest BCUT2D eigenvalue weighted by atomic mass is 10.2. The van der Waals surface area contributed by atoms with Crippen LogP contribution in [0.5, 0.6) is 0 Å². The van der Waals surface area contributed by atoms with Crippen molar-refractivity contribution in [1.29, 1.82) is 0 Å². The molecule has 0 saturated carbocycles. The molecule has 0 aliphatic carbocycles. The summed E-state index contributed by atoms with van der Waals surface area (Å²) in [7, 11) is 0. The van der Waals surface area contributed by atoms with Crippen LogP contribution < -0.4 is 5.73 Å². The van der Waals surface area contributed by atoms with Crippen molar-refractivity contribution in [1.82, 2.24) is 4.98 Å². The Morgan fingerprint density at radius 3 is 2.69 bits per heavy atom. The molecule has 1 aromatic heterocycles. The minimum absolute atomic E-state index is 0.521. The summed E-state index contributed by atoms with van der Waals surface area (Å²) >= 11 is 1.57. The number of aromatic nitrogens is 1. The van der Waals surface area contributed by atoms with Gasteiger partial charge in [-0.1, -0.05) is 0 Å². The lowest BCUT2D eigenvalue weighted by molar-refractivity contribution is 0.107. The highest BCUT2D eigenvalue weighted by Crippen LogP contribution is 2.21. The van der Waals surface area contributed by atoms with Gasteiger partial charge in [-0.25, -0.2) is 4.98 Å². The van der Waals surface area contributed by atoms with Crippen LogP contribution in [-0.2, 0) is 0 Å². The number of pyridine rings is 1. The van der Waals surface area contributed by atoms with Crippen molar-refractivity contribution in [3.8, 4) is 0 Å².